The highest BCUT2D eigenvalue weighted by atomic mass is 16.5. The van der Waals surface area contributed by atoms with Crippen molar-refractivity contribution >= 4 is 0 Å². The van der Waals surface area contributed by atoms with Crippen LogP contribution in [0.1, 0.15) is 38.8 Å². The SMILES string of the molecule is CCOc1cccc([C@H](CC(C)C)N2CCNCC2)c1O. The number of phenols is 1. The maximum absolute atomic E-state index is 10.6. The molecule has 1 aliphatic rings. The first kappa shape index (κ1) is 16.1. The van der Waals surface area contributed by atoms with Gasteiger partial charge in [0.1, 0.15) is 0 Å². The molecule has 0 spiro atoms. The Bertz CT molecular complexity index is 442. The molecule has 1 aliphatic heterocycles. The van der Waals surface area contributed by atoms with E-state index in [1.807, 2.05) is 25.1 Å². The van der Waals surface area contributed by atoms with Gasteiger partial charge in [0.25, 0.3) is 0 Å². The van der Waals surface area contributed by atoms with Crippen molar-refractivity contribution in [2.45, 2.75) is 33.2 Å². The van der Waals surface area contributed by atoms with Crippen molar-refractivity contribution in [3.63, 3.8) is 0 Å². The molecule has 4 heteroatoms. The molecule has 2 N–H and O–H groups in total. The second-order valence-electron chi connectivity index (χ2n) is 6.06. The number of nitrogens with zero attached hydrogens (tertiary/aromatic N) is 1. The molecule has 0 bridgehead atoms. The number of aromatic hydroxyl groups is 1. The molecule has 1 atom stereocenters. The molecule has 4 nitrogen and oxygen atoms in total. The second kappa shape index (κ2) is 7.66. The quantitative estimate of drug-likeness (QED) is 0.846. The number of ether oxygens (including phenoxy) is 1. The number of benzene rings is 1. The van der Waals surface area contributed by atoms with E-state index in [4.69, 9.17) is 4.74 Å². The summed E-state index contributed by atoms with van der Waals surface area (Å²) in [6, 6.07) is 6.11. The molecule has 1 aromatic rings. The maximum atomic E-state index is 10.6. The van der Waals surface area contributed by atoms with Crippen molar-refractivity contribution in [1.29, 1.82) is 0 Å². The van der Waals surface area contributed by atoms with Gasteiger partial charge in [-0.05, 0) is 25.3 Å². The van der Waals surface area contributed by atoms with E-state index in [0.717, 1.165) is 38.2 Å². The number of hydrogen-bond acceptors (Lipinski definition) is 4. The normalized spacial score (nSPS) is 17.9. The highest BCUT2D eigenvalue weighted by molar-refractivity contribution is 5.47. The van der Waals surface area contributed by atoms with Crippen LogP contribution >= 0.6 is 0 Å². The number of phenolic OH excluding ortho intramolecular Hbond substituents is 1. The van der Waals surface area contributed by atoms with Crippen LogP contribution in [0, 0.1) is 5.92 Å². The molecule has 1 heterocycles. The van der Waals surface area contributed by atoms with Crippen molar-refractivity contribution in [2.75, 3.05) is 32.8 Å². The number of para-hydroxylation sites is 1. The van der Waals surface area contributed by atoms with Gasteiger partial charge in [-0.15, -0.1) is 0 Å². The molecule has 118 valence electrons. The van der Waals surface area contributed by atoms with E-state index < -0.39 is 0 Å². The van der Waals surface area contributed by atoms with Crippen LogP contribution < -0.4 is 10.1 Å². The topological polar surface area (TPSA) is 44.7 Å². The van der Waals surface area contributed by atoms with Gasteiger partial charge in [-0.3, -0.25) is 4.90 Å². The summed E-state index contributed by atoms with van der Waals surface area (Å²) in [7, 11) is 0. The van der Waals surface area contributed by atoms with E-state index in [-0.39, 0.29) is 6.04 Å². The number of rotatable bonds is 6. The van der Waals surface area contributed by atoms with Gasteiger partial charge >= 0.3 is 0 Å². The molecule has 0 aliphatic carbocycles. The van der Waals surface area contributed by atoms with Crippen LogP contribution in [0.15, 0.2) is 18.2 Å². The van der Waals surface area contributed by atoms with E-state index in [2.05, 4.69) is 24.1 Å². The highest BCUT2D eigenvalue weighted by Gasteiger charge is 2.26. The molecule has 21 heavy (non-hydrogen) atoms. The summed E-state index contributed by atoms with van der Waals surface area (Å²) < 4.78 is 5.54. The Labute approximate surface area is 128 Å². The largest absolute Gasteiger partial charge is 0.504 e. The van der Waals surface area contributed by atoms with E-state index in [1.54, 1.807) is 0 Å². The zero-order valence-electron chi connectivity index (χ0n) is 13.4. The molecule has 0 saturated carbocycles. The van der Waals surface area contributed by atoms with Gasteiger partial charge in [-0.1, -0.05) is 26.0 Å². The summed E-state index contributed by atoms with van der Waals surface area (Å²) in [5.74, 6) is 1.49. The average Bonchev–Trinajstić information content (AvgIpc) is 2.48. The minimum absolute atomic E-state index is 0.257. The first-order chi connectivity index (χ1) is 10.1. The predicted molar refractivity (Wildman–Crippen MR) is 85.9 cm³/mol. The van der Waals surface area contributed by atoms with Gasteiger partial charge < -0.3 is 15.2 Å². The fraction of sp³-hybridized carbons (Fsp3) is 0.647. The van der Waals surface area contributed by atoms with Crippen molar-refractivity contribution in [1.82, 2.24) is 10.2 Å². The average molecular weight is 292 g/mol. The zero-order chi connectivity index (χ0) is 15.2. The van der Waals surface area contributed by atoms with Crippen LogP contribution in [0.5, 0.6) is 11.5 Å². The van der Waals surface area contributed by atoms with Gasteiger partial charge in [-0.2, -0.15) is 0 Å². The molecule has 0 aromatic heterocycles. The second-order valence-corrected chi connectivity index (χ2v) is 6.06. The minimum Gasteiger partial charge on any atom is -0.504 e. The van der Waals surface area contributed by atoms with Gasteiger partial charge in [0.05, 0.1) is 6.61 Å². The Morgan fingerprint density at radius 3 is 2.62 bits per heavy atom. The molecule has 1 aromatic carbocycles. The van der Waals surface area contributed by atoms with Crippen LogP contribution in [0.4, 0.5) is 0 Å². The smallest absolute Gasteiger partial charge is 0.162 e. The minimum atomic E-state index is 0.257. The summed E-state index contributed by atoms with van der Waals surface area (Å²) in [4.78, 5) is 2.47. The van der Waals surface area contributed by atoms with Crippen molar-refractivity contribution in [3.8, 4) is 11.5 Å². The fourth-order valence-electron chi connectivity index (χ4n) is 2.99. The molecular formula is C17H28N2O2. The third-order valence-corrected chi connectivity index (χ3v) is 3.98. The van der Waals surface area contributed by atoms with Crippen LogP contribution in [0.25, 0.3) is 0 Å². The highest BCUT2D eigenvalue weighted by Crippen LogP contribution is 2.39. The summed E-state index contributed by atoms with van der Waals surface area (Å²) in [6.45, 7) is 11.1. The van der Waals surface area contributed by atoms with E-state index >= 15 is 0 Å². The van der Waals surface area contributed by atoms with Gasteiger partial charge in [-0.25, -0.2) is 0 Å². The summed E-state index contributed by atoms with van der Waals surface area (Å²) in [6.07, 6.45) is 1.04. The van der Waals surface area contributed by atoms with Gasteiger partial charge in [0.2, 0.25) is 0 Å². The van der Waals surface area contributed by atoms with Gasteiger partial charge in [0.15, 0.2) is 11.5 Å². The Morgan fingerprint density at radius 1 is 1.29 bits per heavy atom. The maximum Gasteiger partial charge on any atom is 0.162 e. The summed E-state index contributed by atoms with van der Waals surface area (Å²) >= 11 is 0. The Balaban J connectivity index is 2.29. The lowest BCUT2D eigenvalue weighted by molar-refractivity contribution is 0.151. The first-order valence-electron chi connectivity index (χ1n) is 8.03. The van der Waals surface area contributed by atoms with Crippen molar-refractivity contribution in [2.24, 2.45) is 5.92 Å². The monoisotopic (exact) mass is 292 g/mol. The Hall–Kier alpha value is -1.26. The predicted octanol–water partition coefficient (Wildman–Crippen LogP) is 2.78. The van der Waals surface area contributed by atoms with E-state index in [9.17, 15) is 5.11 Å². The van der Waals surface area contributed by atoms with E-state index in [0.29, 0.717) is 24.0 Å². The third kappa shape index (κ3) is 4.11. The number of nitrogens with one attached hydrogen (secondary N) is 1. The van der Waals surface area contributed by atoms with E-state index in [1.165, 1.54) is 0 Å². The van der Waals surface area contributed by atoms with Crippen LogP contribution in [-0.4, -0.2) is 42.8 Å². The number of hydrogen-bond donors (Lipinski definition) is 2. The molecule has 0 radical (unpaired) electrons. The van der Waals surface area contributed by atoms with Gasteiger partial charge in [0, 0.05) is 37.8 Å². The molecule has 1 saturated heterocycles. The fourth-order valence-corrected chi connectivity index (χ4v) is 2.99. The molecule has 1 fully saturated rings. The number of piperazine rings is 1. The Kier molecular flexibility index (Phi) is 5.88. The lowest BCUT2D eigenvalue weighted by atomic mass is 9.94. The van der Waals surface area contributed by atoms with Crippen molar-refractivity contribution in [3.05, 3.63) is 23.8 Å². The van der Waals surface area contributed by atoms with Crippen molar-refractivity contribution < 1.29 is 9.84 Å². The lowest BCUT2D eigenvalue weighted by Gasteiger charge is -2.36. The first-order valence-corrected chi connectivity index (χ1v) is 8.03. The molecule has 0 unspecified atom stereocenters. The summed E-state index contributed by atoms with van der Waals surface area (Å²) in [5.41, 5.74) is 0.997. The van der Waals surface area contributed by atoms with Crippen LogP contribution in [-0.2, 0) is 0 Å². The zero-order valence-corrected chi connectivity index (χ0v) is 13.4. The molecule has 0 amide bonds. The Morgan fingerprint density at radius 2 is 2.00 bits per heavy atom. The molecular weight excluding hydrogens is 264 g/mol. The lowest BCUT2D eigenvalue weighted by Crippen LogP contribution is -2.45. The summed E-state index contributed by atoms with van der Waals surface area (Å²) in [5, 5.41) is 14.0. The van der Waals surface area contributed by atoms with Crippen LogP contribution in [0.2, 0.25) is 0 Å². The van der Waals surface area contributed by atoms with Crippen LogP contribution in [0.3, 0.4) is 0 Å². The third-order valence-electron chi connectivity index (χ3n) is 3.98. The molecule has 2 rings (SSSR count). The standard InChI is InChI=1S/C17H28N2O2/c1-4-21-16-7-5-6-14(17(16)20)15(12-13(2)3)19-10-8-18-9-11-19/h5-7,13,15,18,20H,4,8-12H2,1-3H3/t15-/m0/s1.